The van der Waals surface area contributed by atoms with Gasteiger partial charge in [0.1, 0.15) is 5.82 Å². The number of amides is 1. The summed E-state index contributed by atoms with van der Waals surface area (Å²) >= 11 is 0. The molecular formula is C18H22N4O. The second-order valence-electron chi connectivity index (χ2n) is 6.51. The summed E-state index contributed by atoms with van der Waals surface area (Å²) in [7, 11) is 0. The van der Waals surface area contributed by atoms with Crippen LogP contribution in [0.15, 0.2) is 30.5 Å². The Morgan fingerprint density at radius 1 is 1.00 bits per heavy atom. The zero-order chi connectivity index (χ0) is 15.6. The highest BCUT2D eigenvalue weighted by Gasteiger charge is 2.30. The van der Waals surface area contributed by atoms with E-state index >= 15 is 0 Å². The maximum absolute atomic E-state index is 12.4. The Morgan fingerprint density at radius 3 is 2.61 bits per heavy atom. The molecule has 1 aliphatic heterocycles. The van der Waals surface area contributed by atoms with Gasteiger partial charge in [-0.25, -0.2) is 4.98 Å². The van der Waals surface area contributed by atoms with Crippen LogP contribution >= 0.6 is 0 Å². The van der Waals surface area contributed by atoms with Crippen molar-refractivity contribution < 1.29 is 4.79 Å². The number of fused-ring (bicyclic) bond motifs is 1. The molecule has 23 heavy (non-hydrogen) atoms. The van der Waals surface area contributed by atoms with Crippen LogP contribution in [0.4, 0.5) is 5.82 Å². The van der Waals surface area contributed by atoms with Crippen LogP contribution in [0.5, 0.6) is 0 Å². The maximum Gasteiger partial charge on any atom is 0.225 e. The molecule has 2 aliphatic rings. The Morgan fingerprint density at radius 2 is 1.83 bits per heavy atom. The normalized spacial score (nSPS) is 19.5. The van der Waals surface area contributed by atoms with Crippen LogP contribution in [0.3, 0.4) is 0 Å². The van der Waals surface area contributed by atoms with E-state index in [2.05, 4.69) is 14.8 Å². The van der Waals surface area contributed by atoms with E-state index in [9.17, 15) is 4.79 Å². The highest BCUT2D eigenvalue weighted by molar-refractivity contribution is 5.79. The number of hydrogen-bond acceptors (Lipinski definition) is 4. The van der Waals surface area contributed by atoms with E-state index in [1.54, 1.807) is 0 Å². The number of carbonyl (C=O) groups is 1. The van der Waals surface area contributed by atoms with Crippen LogP contribution < -0.4 is 4.90 Å². The second kappa shape index (κ2) is 6.14. The number of nitrogens with zero attached hydrogens (tertiary/aromatic N) is 4. The van der Waals surface area contributed by atoms with Crippen molar-refractivity contribution in [1.82, 2.24) is 14.9 Å². The fraction of sp³-hybridized carbons (Fsp3) is 0.500. The number of benzene rings is 1. The zero-order valence-corrected chi connectivity index (χ0v) is 13.3. The SMILES string of the molecule is O=C(C1CCC1)N1CCCN(c2cnc3ccccc3n2)CC1. The van der Waals surface area contributed by atoms with E-state index < -0.39 is 0 Å². The van der Waals surface area contributed by atoms with Gasteiger partial charge < -0.3 is 9.80 Å². The standard InChI is InChI=1S/C18H22N4O/c23-18(14-5-3-6-14)22-10-4-9-21(11-12-22)17-13-19-15-7-1-2-8-16(15)20-17/h1-2,7-8,13-14H,3-6,9-12H2. The lowest BCUT2D eigenvalue weighted by Gasteiger charge is -2.31. The summed E-state index contributed by atoms with van der Waals surface area (Å²) in [6, 6.07) is 7.94. The van der Waals surface area contributed by atoms with Gasteiger partial charge in [0.2, 0.25) is 5.91 Å². The van der Waals surface area contributed by atoms with Gasteiger partial charge in [-0.3, -0.25) is 9.78 Å². The first-order valence-corrected chi connectivity index (χ1v) is 8.57. The minimum Gasteiger partial charge on any atom is -0.353 e. The zero-order valence-electron chi connectivity index (χ0n) is 13.3. The van der Waals surface area contributed by atoms with Gasteiger partial charge in [-0.05, 0) is 31.4 Å². The predicted molar refractivity (Wildman–Crippen MR) is 90.3 cm³/mol. The average molecular weight is 310 g/mol. The van der Waals surface area contributed by atoms with Gasteiger partial charge in [-0.1, -0.05) is 18.6 Å². The van der Waals surface area contributed by atoms with Crippen LogP contribution in [0.2, 0.25) is 0 Å². The third-order valence-corrected chi connectivity index (χ3v) is 5.02. The molecule has 1 aliphatic carbocycles. The lowest BCUT2D eigenvalue weighted by molar-refractivity contribution is -0.137. The molecule has 1 saturated carbocycles. The van der Waals surface area contributed by atoms with Crippen molar-refractivity contribution >= 4 is 22.8 Å². The quantitative estimate of drug-likeness (QED) is 0.855. The van der Waals surface area contributed by atoms with Gasteiger partial charge in [0.05, 0.1) is 17.2 Å². The van der Waals surface area contributed by atoms with E-state index in [0.29, 0.717) is 11.8 Å². The first kappa shape index (κ1) is 14.4. The van der Waals surface area contributed by atoms with Gasteiger partial charge in [0.15, 0.2) is 0 Å². The van der Waals surface area contributed by atoms with Crippen molar-refractivity contribution in [3.8, 4) is 0 Å². The first-order valence-electron chi connectivity index (χ1n) is 8.57. The lowest BCUT2D eigenvalue weighted by atomic mass is 9.84. The Kier molecular flexibility index (Phi) is 3.85. The Bertz CT molecular complexity index is 713. The van der Waals surface area contributed by atoms with Crippen molar-refractivity contribution in [2.24, 2.45) is 5.92 Å². The molecule has 0 atom stereocenters. The fourth-order valence-electron chi connectivity index (χ4n) is 3.38. The van der Waals surface area contributed by atoms with E-state index in [1.165, 1.54) is 6.42 Å². The van der Waals surface area contributed by atoms with E-state index in [0.717, 1.165) is 62.3 Å². The van der Waals surface area contributed by atoms with E-state index in [1.807, 2.05) is 30.5 Å². The van der Waals surface area contributed by atoms with Crippen molar-refractivity contribution in [2.75, 3.05) is 31.1 Å². The monoisotopic (exact) mass is 310 g/mol. The molecule has 1 aromatic heterocycles. The van der Waals surface area contributed by atoms with Crippen molar-refractivity contribution in [3.05, 3.63) is 30.5 Å². The average Bonchev–Trinajstić information content (AvgIpc) is 2.79. The topological polar surface area (TPSA) is 49.3 Å². The van der Waals surface area contributed by atoms with Crippen LogP contribution in [0, 0.1) is 5.92 Å². The molecule has 1 saturated heterocycles. The summed E-state index contributed by atoms with van der Waals surface area (Å²) in [5.41, 5.74) is 1.85. The molecule has 5 nitrogen and oxygen atoms in total. The molecule has 0 spiro atoms. The summed E-state index contributed by atoms with van der Waals surface area (Å²) in [4.78, 5) is 26.0. The van der Waals surface area contributed by atoms with Crippen molar-refractivity contribution in [1.29, 1.82) is 0 Å². The van der Waals surface area contributed by atoms with Gasteiger partial charge >= 0.3 is 0 Å². The molecule has 120 valence electrons. The summed E-state index contributed by atoms with van der Waals surface area (Å²) in [5, 5.41) is 0. The van der Waals surface area contributed by atoms with Crippen LogP contribution in [0.1, 0.15) is 25.7 Å². The molecule has 0 unspecified atom stereocenters. The summed E-state index contributed by atoms with van der Waals surface area (Å²) in [6.45, 7) is 3.43. The molecule has 2 heterocycles. The largest absolute Gasteiger partial charge is 0.353 e. The number of para-hydroxylation sites is 2. The van der Waals surface area contributed by atoms with E-state index in [-0.39, 0.29) is 0 Å². The van der Waals surface area contributed by atoms with E-state index in [4.69, 9.17) is 4.98 Å². The number of aromatic nitrogens is 2. The van der Waals surface area contributed by atoms with Crippen LogP contribution in [-0.4, -0.2) is 47.0 Å². The molecular weight excluding hydrogens is 288 g/mol. The Labute approximate surface area is 136 Å². The second-order valence-corrected chi connectivity index (χ2v) is 6.51. The first-order chi connectivity index (χ1) is 11.3. The summed E-state index contributed by atoms with van der Waals surface area (Å²) in [5.74, 6) is 1.58. The van der Waals surface area contributed by atoms with Gasteiger partial charge in [-0.15, -0.1) is 0 Å². The molecule has 0 N–H and O–H groups in total. The molecule has 5 heteroatoms. The van der Waals surface area contributed by atoms with Crippen molar-refractivity contribution in [2.45, 2.75) is 25.7 Å². The number of anilines is 1. The smallest absolute Gasteiger partial charge is 0.225 e. The third kappa shape index (κ3) is 2.87. The minimum absolute atomic E-state index is 0.294. The highest BCUT2D eigenvalue weighted by Crippen LogP contribution is 2.28. The highest BCUT2D eigenvalue weighted by atomic mass is 16.2. The maximum atomic E-state index is 12.4. The summed E-state index contributed by atoms with van der Waals surface area (Å²) in [6.07, 6.45) is 6.21. The number of rotatable bonds is 2. The minimum atomic E-state index is 0.294. The fourth-order valence-corrected chi connectivity index (χ4v) is 3.38. The Balaban J connectivity index is 1.47. The lowest BCUT2D eigenvalue weighted by Crippen LogP contribution is -2.41. The molecule has 2 fully saturated rings. The summed E-state index contributed by atoms with van der Waals surface area (Å²) < 4.78 is 0. The molecule has 0 radical (unpaired) electrons. The molecule has 1 aromatic carbocycles. The van der Waals surface area contributed by atoms with Gasteiger partial charge in [-0.2, -0.15) is 0 Å². The predicted octanol–water partition coefficient (Wildman–Crippen LogP) is 2.47. The number of hydrogen-bond donors (Lipinski definition) is 0. The van der Waals surface area contributed by atoms with Crippen molar-refractivity contribution in [3.63, 3.8) is 0 Å². The number of carbonyl (C=O) groups excluding carboxylic acids is 1. The third-order valence-electron chi connectivity index (χ3n) is 5.02. The Hall–Kier alpha value is -2.17. The van der Waals surface area contributed by atoms with Gasteiger partial charge in [0.25, 0.3) is 0 Å². The molecule has 2 aromatic rings. The molecule has 4 rings (SSSR count). The van der Waals surface area contributed by atoms with Crippen LogP contribution in [0.25, 0.3) is 11.0 Å². The molecule has 0 bridgehead atoms. The van der Waals surface area contributed by atoms with Crippen LogP contribution in [-0.2, 0) is 4.79 Å². The molecule has 1 amide bonds. The van der Waals surface area contributed by atoms with Gasteiger partial charge in [0, 0.05) is 32.1 Å².